The summed E-state index contributed by atoms with van der Waals surface area (Å²) < 4.78 is 31.6. The van der Waals surface area contributed by atoms with Crippen molar-refractivity contribution in [2.45, 2.75) is 57.0 Å². The molecule has 4 heterocycles. The van der Waals surface area contributed by atoms with E-state index in [0.29, 0.717) is 0 Å². The summed E-state index contributed by atoms with van der Waals surface area (Å²) in [6.07, 6.45) is 10.5. The van der Waals surface area contributed by atoms with Gasteiger partial charge in [-0.1, -0.05) is 12.8 Å². The van der Waals surface area contributed by atoms with E-state index in [1.165, 1.54) is 64.7 Å². The minimum Gasteiger partial charge on any atom is -0.412 e. The van der Waals surface area contributed by atoms with Gasteiger partial charge in [0, 0.05) is 25.2 Å². The second-order valence-corrected chi connectivity index (χ2v) is 8.22. The molecule has 0 aromatic heterocycles. The van der Waals surface area contributed by atoms with Crippen molar-refractivity contribution in [3.8, 4) is 0 Å². The molecule has 0 aromatic carbocycles. The molecule has 12 N–H and O–H groups in total. The van der Waals surface area contributed by atoms with Gasteiger partial charge in [0.2, 0.25) is 0 Å². The molecule has 4 atom stereocenters. The maximum absolute atomic E-state index is 8.74. The van der Waals surface area contributed by atoms with E-state index >= 15 is 0 Å². The average Bonchev–Trinajstić information content (AvgIpc) is 2.46. The molecular weight excluding hydrogens is 384 g/mol. The normalized spacial score (nSPS) is 31.9. The van der Waals surface area contributed by atoms with Gasteiger partial charge in [-0.25, -0.2) is 0 Å². The Bertz CT molecular complexity index is 458. The van der Waals surface area contributed by atoms with E-state index in [2.05, 4.69) is 9.80 Å². The Morgan fingerprint density at radius 1 is 0.667 bits per heavy atom. The highest BCUT2D eigenvalue weighted by Crippen LogP contribution is 2.42. The molecule has 4 fully saturated rings. The third-order valence-electron chi connectivity index (χ3n) is 5.96. The van der Waals surface area contributed by atoms with Gasteiger partial charge < -0.3 is 27.4 Å². The van der Waals surface area contributed by atoms with Gasteiger partial charge in [0.05, 0.1) is 0 Å². The van der Waals surface area contributed by atoms with E-state index in [9.17, 15) is 0 Å². The third kappa shape index (κ3) is 8.23. The molecular formula is C15H38N2O9S. The SMILES string of the molecule is C1CCN2C[C@@H]3C[C@H](CN4CCCC[C@@H]34)[C@H]2C1.O.O.O.O.O.O=S(=O)(O)O. The molecule has 12 heteroatoms. The zero-order valence-corrected chi connectivity index (χ0v) is 16.4. The highest BCUT2D eigenvalue weighted by Gasteiger charge is 2.46. The number of rotatable bonds is 0. The summed E-state index contributed by atoms with van der Waals surface area (Å²) in [7, 11) is -4.67. The second kappa shape index (κ2) is 12.9. The van der Waals surface area contributed by atoms with Crippen molar-refractivity contribution in [1.82, 2.24) is 9.80 Å². The molecule has 0 saturated carbocycles. The van der Waals surface area contributed by atoms with E-state index in [0.717, 1.165) is 23.9 Å². The first-order chi connectivity index (χ1) is 10.4. The lowest BCUT2D eigenvalue weighted by molar-refractivity contribution is -0.0718. The Hall–Kier alpha value is -0.410. The van der Waals surface area contributed by atoms with Crippen molar-refractivity contribution in [3.05, 3.63) is 0 Å². The lowest BCUT2D eigenvalue weighted by atomic mass is 9.71. The van der Waals surface area contributed by atoms with Crippen LogP contribution in [0.2, 0.25) is 0 Å². The molecule has 168 valence electrons. The van der Waals surface area contributed by atoms with Crippen molar-refractivity contribution in [2.24, 2.45) is 11.8 Å². The molecule has 0 spiro atoms. The molecule has 11 nitrogen and oxygen atoms in total. The van der Waals surface area contributed by atoms with Crippen LogP contribution in [0.1, 0.15) is 44.9 Å². The predicted molar refractivity (Wildman–Crippen MR) is 102 cm³/mol. The molecule has 0 aliphatic carbocycles. The quantitative estimate of drug-likeness (QED) is 0.402. The Morgan fingerprint density at radius 3 is 1.33 bits per heavy atom. The van der Waals surface area contributed by atoms with Crippen LogP contribution in [-0.4, -0.2) is 93.0 Å². The summed E-state index contributed by atoms with van der Waals surface area (Å²) in [5, 5.41) is 0. The molecule has 4 aliphatic heterocycles. The summed E-state index contributed by atoms with van der Waals surface area (Å²) >= 11 is 0. The van der Waals surface area contributed by atoms with Crippen LogP contribution in [0.4, 0.5) is 0 Å². The van der Waals surface area contributed by atoms with Crippen LogP contribution in [0.3, 0.4) is 0 Å². The Kier molecular flexibility index (Phi) is 15.0. The first-order valence-corrected chi connectivity index (χ1v) is 9.99. The first-order valence-electron chi connectivity index (χ1n) is 8.60. The zero-order chi connectivity index (χ0) is 15.7. The van der Waals surface area contributed by atoms with Gasteiger partial charge in [-0.05, 0) is 57.0 Å². The van der Waals surface area contributed by atoms with E-state index in [1.807, 2.05) is 0 Å². The van der Waals surface area contributed by atoms with Gasteiger partial charge in [0.1, 0.15) is 0 Å². The molecule has 4 aliphatic rings. The second-order valence-electron chi connectivity index (χ2n) is 7.32. The van der Waals surface area contributed by atoms with Gasteiger partial charge >= 0.3 is 10.4 Å². The number of fused-ring (bicyclic) bond motifs is 6. The lowest BCUT2D eigenvalue weighted by Gasteiger charge is -2.57. The summed E-state index contributed by atoms with van der Waals surface area (Å²) in [6.45, 7) is 5.68. The van der Waals surface area contributed by atoms with Crippen molar-refractivity contribution < 1.29 is 44.9 Å². The molecule has 27 heavy (non-hydrogen) atoms. The van der Waals surface area contributed by atoms with Crippen LogP contribution in [0.25, 0.3) is 0 Å². The largest absolute Gasteiger partial charge is 0.412 e. The first kappa shape index (κ1) is 31.3. The molecule has 0 unspecified atom stereocenters. The fraction of sp³-hybridized carbons (Fsp3) is 1.00. The minimum atomic E-state index is -4.67. The van der Waals surface area contributed by atoms with Crippen molar-refractivity contribution in [1.29, 1.82) is 0 Å². The summed E-state index contributed by atoms with van der Waals surface area (Å²) in [6, 6.07) is 1.92. The Morgan fingerprint density at radius 2 is 1.00 bits per heavy atom. The maximum Gasteiger partial charge on any atom is 0.394 e. The zero-order valence-electron chi connectivity index (χ0n) is 15.6. The number of hydrogen-bond donors (Lipinski definition) is 2. The monoisotopic (exact) mass is 422 g/mol. The van der Waals surface area contributed by atoms with E-state index in [1.54, 1.807) is 6.42 Å². The summed E-state index contributed by atoms with van der Waals surface area (Å²) in [4.78, 5) is 5.74. The van der Waals surface area contributed by atoms with Crippen molar-refractivity contribution in [2.75, 3.05) is 26.2 Å². The van der Waals surface area contributed by atoms with E-state index < -0.39 is 10.4 Å². The minimum absolute atomic E-state index is 0. The standard InChI is InChI=1S/C15H26N2.H2O4S.5H2O/c1-3-7-16-11-13-9-12(14(16)5-1)10-17-8-4-2-6-15(13)17;1-5(2,3)4;;;;;/h12-15H,1-11H2;(H2,1,2,3,4);5*1H2/t12-,13+,14-,15+;;;;;;. The van der Waals surface area contributed by atoms with Crippen LogP contribution in [0.15, 0.2) is 0 Å². The van der Waals surface area contributed by atoms with E-state index in [-0.39, 0.29) is 27.4 Å². The van der Waals surface area contributed by atoms with Crippen LogP contribution in [0, 0.1) is 11.8 Å². The van der Waals surface area contributed by atoms with Crippen molar-refractivity contribution >= 4 is 10.4 Å². The summed E-state index contributed by atoms with van der Waals surface area (Å²) in [5.41, 5.74) is 0. The number of nitrogens with zero attached hydrogens (tertiary/aromatic N) is 2. The van der Waals surface area contributed by atoms with Crippen LogP contribution in [0.5, 0.6) is 0 Å². The molecule has 2 bridgehead atoms. The fourth-order valence-electron chi connectivity index (χ4n) is 5.25. The van der Waals surface area contributed by atoms with Crippen LogP contribution >= 0.6 is 0 Å². The van der Waals surface area contributed by atoms with Crippen LogP contribution in [-0.2, 0) is 10.4 Å². The summed E-state index contributed by atoms with van der Waals surface area (Å²) in [5.74, 6) is 2.03. The van der Waals surface area contributed by atoms with E-state index in [4.69, 9.17) is 17.5 Å². The van der Waals surface area contributed by atoms with Gasteiger partial charge in [0.25, 0.3) is 0 Å². The Labute approximate surface area is 160 Å². The van der Waals surface area contributed by atoms with Gasteiger partial charge in [0.15, 0.2) is 0 Å². The number of piperidine rings is 4. The lowest BCUT2D eigenvalue weighted by Crippen LogP contribution is -2.63. The molecule has 0 amide bonds. The van der Waals surface area contributed by atoms with Crippen molar-refractivity contribution in [3.63, 3.8) is 0 Å². The Balaban J connectivity index is -0.000000524. The number of hydrogen-bond acceptors (Lipinski definition) is 4. The fourth-order valence-corrected chi connectivity index (χ4v) is 5.25. The third-order valence-corrected chi connectivity index (χ3v) is 5.96. The van der Waals surface area contributed by atoms with Gasteiger partial charge in [-0.15, -0.1) is 0 Å². The molecule has 0 aromatic rings. The smallest absolute Gasteiger partial charge is 0.394 e. The highest BCUT2D eigenvalue weighted by atomic mass is 32.3. The van der Waals surface area contributed by atoms with Gasteiger partial charge in [-0.3, -0.25) is 18.9 Å². The van der Waals surface area contributed by atoms with Crippen LogP contribution < -0.4 is 0 Å². The molecule has 4 saturated heterocycles. The maximum atomic E-state index is 8.74. The average molecular weight is 423 g/mol. The predicted octanol–water partition coefficient (Wildman–Crippen LogP) is -2.43. The molecule has 4 rings (SSSR count). The highest BCUT2D eigenvalue weighted by molar-refractivity contribution is 7.79. The molecule has 0 radical (unpaired) electrons. The van der Waals surface area contributed by atoms with Gasteiger partial charge in [-0.2, -0.15) is 8.42 Å². The topological polar surface area (TPSA) is 239 Å².